The fraction of sp³-hybridized carbons (Fsp3) is 0.750. The molecule has 1 atom stereocenters. The van der Waals surface area contributed by atoms with Gasteiger partial charge < -0.3 is 19.3 Å². The number of aromatic nitrogens is 2. The Balaban J connectivity index is 1.71. The molecule has 2 fully saturated rings. The van der Waals surface area contributed by atoms with Crippen LogP contribution in [0.15, 0.2) is 12.4 Å². The van der Waals surface area contributed by atoms with Crippen LogP contribution in [0.2, 0.25) is 0 Å². The number of nitrogens with zero attached hydrogens (tertiary/aromatic N) is 3. The molecule has 6 nitrogen and oxygen atoms in total. The highest BCUT2D eigenvalue weighted by Gasteiger charge is 2.52. The van der Waals surface area contributed by atoms with Crippen molar-refractivity contribution in [1.82, 2.24) is 9.97 Å². The Hall–Kier alpha value is -1.18. The molecular formula is C16H26BN3O3. The van der Waals surface area contributed by atoms with Crippen molar-refractivity contribution in [2.45, 2.75) is 51.7 Å². The van der Waals surface area contributed by atoms with Crippen LogP contribution in [-0.2, 0) is 9.31 Å². The second-order valence-corrected chi connectivity index (χ2v) is 7.54. The van der Waals surface area contributed by atoms with Crippen LogP contribution < -0.4 is 10.4 Å². The van der Waals surface area contributed by atoms with Crippen LogP contribution in [0.5, 0.6) is 0 Å². The third-order valence-electron chi connectivity index (χ3n) is 5.24. The summed E-state index contributed by atoms with van der Waals surface area (Å²) in [6, 6.07) is 0. The molecule has 0 unspecified atom stereocenters. The number of hydrogen-bond donors (Lipinski definition) is 1. The van der Waals surface area contributed by atoms with Crippen molar-refractivity contribution in [3.8, 4) is 0 Å². The maximum absolute atomic E-state index is 9.34. The Kier molecular flexibility index (Phi) is 4.38. The third-order valence-corrected chi connectivity index (χ3v) is 5.24. The van der Waals surface area contributed by atoms with Crippen molar-refractivity contribution >= 4 is 18.5 Å². The molecule has 0 spiro atoms. The Labute approximate surface area is 138 Å². The van der Waals surface area contributed by atoms with E-state index in [1.807, 2.05) is 27.7 Å². The van der Waals surface area contributed by atoms with E-state index in [4.69, 9.17) is 9.31 Å². The number of piperidine rings is 1. The average Bonchev–Trinajstić information content (AvgIpc) is 2.76. The maximum Gasteiger partial charge on any atom is 0.498 e. The van der Waals surface area contributed by atoms with E-state index in [1.54, 1.807) is 12.4 Å². The average molecular weight is 319 g/mol. The Morgan fingerprint density at radius 1 is 1.22 bits per heavy atom. The molecule has 7 heteroatoms. The lowest BCUT2D eigenvalue weighted by Crippen LogP contribution is -2.41. The Morgan fingerprint density at radius 2 is 1.83 bits per heavy atom. The van der Waals surface area contributed by atoms with E-state index < -0.39 is 7.12 Å². The number of aliphatic hydroxyl groups excluding tert-OH is 1. The molecule has 2 aliphatic rings. The van der Waals surface area contributed by atoms with Gasteiger partial charge in [0.25, 0.3) is 0 Å². The first-order valence-corrected chi connectivity index (χ1v) is 8.36. The summed E-state index contributed by atoms with van der Waals surface area (Å²) in [5.74, 6) is 1.03. The van der Waals surface area contributed by atoms with Gasteiger partial charge in [0, 0.05) is 37.6 Å². The summed E-state index contributed by atoms with van der Waals surface area (Å²) in [4.78, 5) is 11.1. The topological polar surface area (TPSA) is 67.7 Å². The molecule has 1 aromatic heterocycles. The molecule has 0 aliphatic carbocycles. The first kappa shape index (κ1) is 16.7. The number of aliphatic hydroxyl groups is 1. The molecule has 23 heavy (non-hydrogen) atoms. The van der Waals surface area contributed by atoms with E-state index in [2.05, 4.69) is 14.9 Å². The van der Waals surface area contributed by atoms with Crippen LogP contribution in [0.3, 0.4) is 0 Å². The molecule has 2 saturated heterocycles. The predicted octanol–water partition coefficient (Wildman–Crippen LogP) is 0.984. The zero-order valence-corrected chi connectivity index (χ0v) is 14.5. The van der Waals surface area contributed by atoms with Crippen LogP contribution in [0.1, 0.15) is 40.5 Å². The molecule has 3 rings (SSSR count). The van der Waals surface area contributed by atoms with Crippen LogP contribution in [-0.4, -0.2) is 53.1 Å². The fourth-order valence-corrected chi connectivity index (χ4v) is 2.99. The highest BCUT2D eigenvalue weighted by molar-refractivity contribution is 6.61. The van der Waals surface area contributed by atoms with Crippen molar-refractivity contribution < 1.29 is 14.4 Å². The highest BCUT2D eigenvalue weighted by atomic mass is 16.7. The molecule has 126 valence electrons. The number of hydrogen-bond acceptors (Lipinski definition) is 6. The fourth-order valence-electron chi connectivity index (χ4n) is 2.99. The van der Waals surface area contributed by atoms with Gasteiger partial charge in [0.15, 0.2) is 0 Å². The van der Waals surface area contributed by atoms with Gasteiger partial charge in [-0.3, -0.25) is 0 Å². The Morgan fingerprint density at radius 3 is 2.39 bits per heavy atom. The van der Waals surface area contributed by atoms with Gasteiger partial charge in [-0.15, -0.1) is 0 Å². The van der Waals surface area contributed by atoms with Gasteiger partial charge in [-0.2, -0.15) is 0 Å². The van der Waals surface area contributed by atoms with E-state index in [9.17, 15) is 5.11 Å². The molecule has 0 amide bonds. The minimum Gasteiger partial charge on any atom is -0.399 e. The summed E-state index contributed by atoms with van der Waals surface area (Å²) in [7, 11) is -0.430. The summed E-state index contributed by atoms with van der Waals surface area (Å²) < 4.78 is 12.0. The molecule has 0 bridgehead atoms. The van der Waals surface area contributed by atoms with E-state index in [0.717, 1.165) is 31.4 Å². The molecule has 3 heterocycles. The van der Waals surface area contributed by atoms with Crippen LogP contribution in [0, 0.1) is 5.92 Å². The monoisotopic (exact) mass is 319 g/mol. The molecular weight excluding hydrogens is 293 g/mol. The van der Waals surface area contributed by atoms with Crippen LogP contribution in [0.4, 0.5) is 5.95 Å². The van der Waals surface area contributed by atoms with Crippen molar-refractivity contribution in [2.75, 3.05) is 24.6 Å². The summed E-state index contributed by atoms with van der Waals surface area (Å²) >= 11 is 0. The van der Waals surface area contributed by atoms with E-state index >= 15 is 0 Å². The Bertz CT molecular complexity index is 534. The van der Waals surface area contributed by atoms with E-state index in [-0.39, 0.29) is 17.8 Å². The molecule has 0 saturated carbocycles. The van der Waals surface area contributed by atoms with Gasteiger partial charge in [0.05, 0.1) is 11.2 Å². The minimum atomic E-state index is -0.430. The van der Waals surface area contributed by atoms with Gasteiger partial charge in [0.2, 0.25) is 5.95 Å². The molecule has 0 aromatic carbocycles. The first-order valence-electron chi connectivity index (χ1n) is 8.36. The SMILES string of the molecule is CC1(C)OB(c2cnc(N3CCC[C@H](CO)C3)nc2)OC1(C)C. The van der Waals surface area contributed by atoms with Crippen molar-refractivity contribution in [2.24, 2.45) is 5.92 Å². The van der Waals surface area contributed by atoms with Crippen molar-refractivity contribution in [1.29, 1.82) is 0 Å². The second-order valence-electron chi connectivity index (χ2n) is 7.54. The van der Waals surface area contributed by atoms with Crippen LogP contribution >= 0.6 is 0 Å². The molecule has 1 aromatic rings. The largest absolute Gasteiger partial charge is 0.498 e. The first-order chi connectivity index (χ1) is 10.8. The number of anilines is 1. The second kappa shape index (κ2) is 6.04. The smallest absolute Gasteiger partial charge is 0.399 e. The van der Waals surface area contributed by atoms with Gasteiger partial charge in [-0.05, 0) is 46.5 Å². The summed E-state index contributed by atoms with van der Waals surface area (Å²) in [6.45, 7) is 10.1. The molecule has 2 aliphatic heterocycles. The number of rotatable bonds is 3. The van der Waals surface area contributed by atoms with Gasteiger partial charge in [0.1, 0.15) is 0 Å². The normalized spacial score (nSPS) is 26.6. The molecule has 1 N–H and O–H groups in total. The van der Waals surface area contributed by atoms with Crippen LogP contribution in [0.25, 0.3) is 0 Å². The van der Waals surface area contributed by atoms with Gasteiger partial charge >= 0.3 is 7.12 Å². The zero-order chi connectivity index (χ0) is 16.7. The lowest BCUT2D eigenvalue weighted by molar-refractivity contribution is 0.00578. The minimum absolute atomic E-state index is 0.225. The lowest BCUT2D eigenvalue weighted by atomic mass is 9.81. The summed E-state index contributed by atoms with van der Waals surface area (Å²) in [6.07, 6.45) is 5.70. The maximum atomic E-state index is 9.34. The van der Waals surface area contributed by atoms with E-state index in [0.29, 0.717) is 11.9 Å². The van der Waals surface area contributed by atoms with Crippen molar-refractivity contribution in [3.63, 3.8) is 0 Å². The van der Waals surface area contributed by atoms with E-state index in [1.165, 1.54) is 0 Å². The highest BCUT2D eigenvalue weighted by Crippen LogP contribution is 2.36. The van der Waals surface area contributed by atoms with Crippen molar-refractivity contribution in [3.05, 3.63) is 12.4 Å². The summed E-state index contributed by atoms with van der Waals surface area (Å²) in [5, 5.41) is 9.34. The van der Waals surface area contributed by atoms with Gasteiger partial charge in [-0.25, -0.2) is 9.97 Å². The quantitative estimate of drug-likeness (QED) is 0.838. The lowest BCUT2D eigenvalue weighted by Gasteiger charge is -2.32. The third kappa shape index (κ3) is 3.23. The van der Waals surface area contributed by atoms with Gasteiger partial charge in [-0.1, -0.05) is 0 Å². The predicted molar refractivity (Wildman–Crippen MR) is 89.8 cm³/mol. The summed E-state index contributed by atoms with van der Waals surface area (Å²) in [5.41, 5.74) is 0.109. The standard InChI is InChI=1S/C16H26BN3O3/c1-15(2)16(3,4)23-17(22-15)13-8-18-14(19-9-13)20-7-5-6-12(10-20)11-21/h8-9,12,21H,5-7,10-11H2,1-4H3/t12-/m0/s1. The molecule has 0 radical (unpaired) electrons. The zero-order valence-electron chi connectivity index (χ0n) is 14.5.